The van der Waals surface area contributed by atoms with Crippen molar-refractivity contribution in [1.82, 2.24) is 15.0 Å². The summed E-state index contributed by atoms with van der Waals surface area (Å²) in [4.78, 5) is 12.8. The molecule has 5 heteroatoms. The number of aryl methyl sites for hydroxylation is 2. The van der Waals surface area contributed by atoms with Crippen molar-refractivity contribution in [3.63, 3.8) is 0 Å². The highest BCUT2D eigenvalue weighted by atomic mass is 16.5. The van der Waals surface area contributed by atoms with Crippen LogP contribution in [-0.4, -0.2) is 28.1 Å². The van der Waals surface area contributed by atoms with Crippen molar-refractivity contribution < 1.29 is 4.74 Å². The van der Waals surface area contributed by atoms with Gasteiger partial charge in [0.15, 0.2) is 0 Å². The lowest BCUT2D eigenvalue weighted by Crippen LogP contribution is -2.11. The summed E-state index contributed by atoms with van der Waals surface area (Å²) in [7, 11) is 0. The average molecular weight is 272 g/mol. The van der Waals surface area contributed by atoms with E-state index in [1.54, 1.807) is 12.4 Å². The summed E-state index contributed by atoms with van der Waals surface area (Å²) in [6.45, 7) is 7.41. The van der Waals surface area contributed by atoms with Gasteiger partial charge in [-0.1, -0.05) is 0 Å². The molecule has 0 aliphatic carbocycles. The molecular formula is C15H20N4O. The van der Waals surface area contributed by atoms with E-state index in [9.17, 15) is 0 Å². The zero-order chi connectivity index (χ0) is 14.4. The van der Waals surface area contributed by atoms with Gasteiger partial charge < -0.3 is 10.1 Å². The van der Waals surface area contributed by atoms with Crippen molar-refractivity contribution in [3.8, 4) is 5.75 Å². The topological polar surface area (TPSA) is 59.9 Å². The van der Waals surface area contributed by atoms with Crippen LogP contribution in [0.5, 0.6) is 5.75 Å². The van der Waals surface area contributed by atoms with Gasteiger partial charge in [-0.15, -0.1) is 0 Å². The summed E-state index contributed by atoms with van der Waals surface area (Å²) in [5.41, 5.74) is 2.12. The van der Waals surface area contributed by atoms with Crippen molar-refractivity contribution in [2.24, 2.45) is 0 Å². The van der Waals surface area contributed by atoms with E-state index in [2.05, 4.69) is 20.3 Å². The Kier molecular flexibility index (Phi) is 4.87. The van der Waals surface area contributed by atoms with E-state index in [1.165, 1.54) is 0 Å². The lowest BCUT2D eigenvalue weighted by Gasteiger charge is -2.11. The third-order valence-electron chi connectivity index (χ3n) is 3.02. The number of rotatable bonds is 6. The Labute approximate surface area is 119 Å². The lowest BCUT2D eigenvalue weighted by molar-refractivity contribution is 0.313. The Hall–Kier alpha value is -2.17. The maximum Gasteiger partial charge on any atom is 0.137 e. The van der Waals surface area contributed by atoms with Crippen molar-refractivity contribution in [1.29, 1.82) is 0 Å². The largest absolute Gasteiger partial charge is 0.492 e. The summed E-state index contributed by atoms with van der Waals surface area (Å²) >= 11 is 0. The fraction of sp³-hybridized carbons (Fsp3) is 0.400. The monoisotopic (exact) mass is 272 g/mol. The van der Waals surface area contributed by atoms with Crippen LogP contribution in [-0.2, 0) is 0 Å². The van der Waals surface area contributed by atoms with E-state index in [1.807, 2.05) is 32.9 Å². The predicted molar refractivity (Wildman–Crippen MR) is 79.1 cm³/mol. The van der Waals surface area contributed by atoms with Gasteiger partial charge in [-0.05, 0) is 39.3 Å². The van der Waals surface area contributed by atoms with E-state index in [0.717, 1.165) is 41.6 Å². The molecule has 2 aromatic rings. The van der Waals surface area contributed by atoms with Crippen LogP contribution >= 0.6 is 0 Å². The molecule has 0 fully saturated rings. The number of ether oxygens (including phenoxy) is 1. The standard InChI is InChI=1S/C15H20N4O/c1-11-12(2)18-13(3)19-15(11)17-8-5-9-20-14-6-4-7-16-10-14/h4,6-7,10H,5,8-9H2,1-3H3,(H,17,18,19). The Morgan fingerprint density at radius 3 is 2.80 bits per heavy atom. The minimum atomic E-state index is 0.654. The normalized spacial score (nSPS) is 10.3. The molecule has 2 rings (SSSR count). The molecule has 2 aromatic heterocycles. The van der Waals surface area contributed by atoms with Gasteiger partial charge in [0.25, 0.3) is 0 Å². The number of hydrogen-bond donors (Lipinski definition) is 1. The second-order valence-electron chi connectivity index (χ2n) is 4.65. The number of aromatic nitrogens is 3. The van der Waals surface area contributed by atoms with Crippen LogP contribution in [0, 0.1) is 20.8 Å². The lowest BCUT2D eigenvalue weighted by atomic mass is 10.2. The average Bonchev–Trinajstić information content (AvgIpc) is 2.44. The van der Waals surface area contributed by atoms with Gasteiger partial charge in [0, 0.05) is 24.0 Å². The van der Waals surface area contributed by atoms with Gasteiger partial charge in [-0.3, -0.25) is 4.98 Å². The summed E-state index contributed by atoms with van der Waals surface area (Å²) in [5.74, 6) is 2.51. The number of pyridine rings is 1. The first-order valence-corrected chi connectivity index (χ1v) is 6.75. The smallest absolute Gasteiger partial charge is 0.137 e. The van der Waals surface area contributed by atoms with E-state index in [-0.39, 0.29) is 0 Å². The molecule has 5 nitrogen and oxygen atoms in total. The van der Waals surface area contributed by atoms with Crippen LogP contribution in [0.3, 0.4) is 0 Å². The Bertz CT molecular complexity index is 557. The second kappa shape index (κ2) is 6.84. The molecule has 0 saturated carbocycles. The van der Waals surface area contributed by atoms with E-state index in [4.69, 9.17) is 4.74 Å². The minimum absolute atomic E-state index is 0.654. The van der Waals surface area contributed by atoms with Crippen molar-refractivity contribution in [2.45, 2.75) is 27.2 Å². The van der Waals surface area contributed by atoms with Gasteiger partial charge in [0.1, 0.15) is 17.4 Å². The highest BCUT2D eigenvalue weighted by molar-refractivity contribution is 5.45. The maximum absolute atomic E-state index is 5.59. The SMILES string of the molecule is Cc1nc(C)c(C)c(NCCCOc2cccnc2)n1. The third kappa shape index (κ3) is 3.91. The molecule has 0 aromatic carbocycles. The summed E-state index contributed by atoms with van der Waals surface area (Å²) in [6, 6.07) is 3.77. The molecule has 0 spiro atoms. The highest BCUT2D eigenvalue weighted by Crippen LogP contribution is 2.14. The van der Waals surface area contributed by atoms with Gasteiger partial charge in [0.05, 0.1) is 12.8 Å². The van der Waals surface area contributed by atoms with Crippen LogP contribution in [0.4, 0.5) is 5.82 Å². The van der Waals surface area contributed by atoms with Gasteiger partial charge in [-0.25, -0.2) is 9.97 Å². The fourth-order valence-electron chi connectivity index (χ4n) is 1.84. The first kappa shape index (κ1) is 14.2. The van der Waals surface area contributed by atoms with Crippen LogP contribution in [0.2, 0.25) is 0 Å². The second-order valence-corrected chi connectivity index (χ2v) is 4.65. The first-order valence-electron chi connectivity index (χ1n) is 6.75. The van der Waals surface area contributed by atoms with E-state index < -0.39 is 0 Å². The predicted octanol–water partition coefficient (Wildman–Crippen LogP) is 2.68. The highest BCUT2D eigenvalue weighted by Gasteiger charge is 2.04. The van der Waals surface area contributed by atoms with Crippen LogP contribution in [0.15, 0.2) is 24.5 Å². The molecule has 0 radical (unpaired) electrons. The summed E-state index contributed by atoms with van der Waals surface area (Å²) in [5, 5.41) is 3.33. The first-order chi connectivity index (χ1) is 9.66. The van der Waals surface area contributed by atoms with Crippen LogP contribution in [0.1, 0.15) is 23.5 Å². The Morgan fingerprint density at radius 1 is 1.20 bits per heavy atom. The van der Waals surface area contributed by atoms with Gasteiger partial charge in [-0.2, -0.15) is 0 Å². The van der Waals surface area contributed by atoms with E-state index >= 15 is 0 Å². The maximum atomic E-state index is 5.59. The molecule has 0 aliphatic heterocycles. The van der Waals surface area contributed by atoms with Gasteiger partial charge >= 0.3 is 0 Å². The number of nitrogens with zero attached hydrogens (tertiary/aromatic N) is 3. The molecule has 106 valence electrons. The molecule has 20 heavy (non-hydrogen) atoms. The van der Waals surface area contributed by atoms with Crippen molar-refractivity contribution >= 4 is 5.82 Å². The Morgan fingerprint density at radius 2 is 2.05 bits per heavy atom. The number of hydrogen-bond acceptors (Lipinski definition) is 5. The van der Waals surface area contributed by atoms with Crippen LogP contribution in [0.25, 0.3) is 0 Å². The molecule has 0 unspecified atom stereocenters. The molecule has 0 amide bonds. The summed E-state index contributed by atoms with van der Waals surface area (Å²) < 4.78 is 5.59. The van der Waals surface area contributed by atoms with Crippen molar-refractivity contribution in [2.75, 3.05) is 18.5 Å². The van der Waals surface area contributed by atoms with Crippen molar-refractivity contribution in [3.05, 3.63) is 41.6 Å². The molecular weight excluding hydrogens is 252 g/mol. The zero-order valence-corrected chi connectivity index (χ0v) is 12.2. The molecule has 0 atom stereocenters. The minimum Gasteiger partial charge on any atom is -0.492 e. The molecule has 1 N–H and O–H groups in total. The van der Waals surface area contributed by atoms with E-state index in [0.29, 0.717) is 6.61 Å². The molecule has 0 bridgehead atoms. The quantitative estimate of drug-likeness (QED) is 0.819. The van der Waals surface area contributed by atoms with Crippen LogP contribution < -0.4 is 10.1 Å². The zero-order valence-electron chi connectivity index (χ0n) is 12.2. The molecule has 0 saturated heterocycles. The molecule has 2 heterocycles. The third-order valence-corrected chi connectivity index (χ3v) is 3.02. The summed E-state index contributed by atoms with van der Waals surface area (Å²) in [6.07, 6.45) is 4.35. The van der Waals surface area contributed by atoms with Gasteiger partial charge in [0.2, 0.25) is 0 Å². The molecule has 0 aliphatic rings. The fourth-order valence-corrected chi connectivity index (χ4v) is 1.84. The number of nitrogens with one attached hydrogen (secondary N) is 1. The Balaban J connectivity index is 1.76. The number of anilines is 1.